The van der Waals surface area contributed by atoms with Crippen LogP contribution in [-0.4, -0.2) is 10.9 Å². The van der Waals surface area contributed by atoms with E-state index < -0.39 is 6.10 Å². The molecule has 0 aliphatic rings. The number of hydrogen-bond acceptors (Lipinski definition) is 2. The Kier molecular flexibility index (Phi) is 4.13. The molecule has 1 N–H and O–H groups in total. The molecule has 0 aromatic heterocycles. The summed E-state index contributed by atoms with van der Waals surface area (Å²) in [5.41, 5.74) is 3.84. The van der Waals surface area contributed by atoms with Crippen LogP contribution in [0.2, 0.25) is 0 Å². The summed E-state index contributed by atoms with van der Waals surface area (Å²) in [7, 11) is 0. The summed E-state index contributed by atoms with van der Waals surface area (Å²) in [6.07, 6.45) is 0.0497. The van der Waals surface area contributed by atoms with Crippen LogP contribution in [0.15, 0.2) is 48.5 Å². The monoisotopic (exact) mass is 254 g/mol. The zero-order valence-electron chi connectivity index (χ0n) is 11.3. The van der Waals surface area contributed by atoms with Gasteiger partial charge in [-0.15, -0.1) is 0 Å². The van der Waals surface area contributed by atoms with Gasteiger partial charge in [-0.3, -0.25) is 4.79 Å². The lowest BCUT2D eigenvalue weighted by atomic mass is 9.97. The van der Waals surface area contributed by atoms with Crippen LogP contribution in [0.5, 0.6) is 0 Å². The minimum atomic E-state index is -0.540. The summed E-state index contributed by atoms with van der Waals surface area (Å²) in [6, 6.07) is 15.2. The predicted octanol–water partition coefficient (Wildman–Crippen LogP) is 3.47. The van der Waals surface area contributed by atoms with Gasteiger partial charge in [0.05, 0.1) is 6.10 Å². The third kappa shape index (κ3) is 3.30. The molecule has 2 aromatic rings. The third-order valence-corrected chi connectivity index (χ3v) is 3.38. The molecule has 19 heavy (non-hydrogen) atoms. The molecular formula is C17H18O2. The molecule has 2 nitrogen and oxygen atoms in total. The Balaban J connectivity index is 2.14. The molecule has 0 aliphatic heterocycles. The van der Waals surface area contributed by atoms with Crippen LogP contribution < -0.4 is 0 Å². The number of benzene rings is 2. The standard InChI is InChI=1S/C17H18O2/c1-12-5-3-4-6-16(12)11-17(19)15-9-7-14(8-10-15)13(2)18/h3-10,17,19H,11H2,1-2H3. The first-order valence-electron chi connectivity index (χ1n) is 6.41. The number of carbonyl (C=O) groups excluding carboxylic acids is 1. The first-order valence-corrected chi connectivity index (χ1v) is 6.41. The van der Waals surface area contributed by atoms with E-state index >= 15 is 0 Å². The zero-order chi connectivity index (χ0) is 13.8. The highest BCUT2D eigenvalue weighted by molar-refractivity contribution is 5.94. The van der Waals surface area contributed by atoms with Gasteiger partial charge in [0.15, 0.2) is 5.78 Å². The van der Waals surface area contributed by atoms with Crippen LogP contribution in [0.4, 0.5) is 0 Å². The molecule has 0 spiro atoms. The molecule has 2 rings (SSSR count). The molecule has 2 aromatic carbocycles. The number of Topliss-reactive ketones (excluding diaryl/α,β-unsaturated/α-hetero) is 1. The molecule has 0 heterocycles. The maximum atomic E-state index is 11.2. The predicted molar refractivity (Wildman–Crippen MR) is 76.3 cm³/mol. The van der Waals surface area contributed by atoms with Crippen LogP contribution >= 0.6 is 0 Å². The van der Waals surface area contributed by atoms with Crippen LogP contribution in [0.25, 0.3) is 0 Å². The largest absolute Gasteiger partial charge is 0.388 e. The minimum absolute atomic E-state index is 0.0416. The van der Waals surface area contributed by atoms with Crippen molar-refractivity contribution in [2.24, 2.45) is 0 Å². The van der Waals surface area contributed by atoms with Gasteiger partial charge in [0.2, 0.25) is 0 Å². The van der Waals surface area contributed by atoms with E-state index in [1.54, 1.807) is 19.1 Å². The summed E-state index contributed by atoms with van der Waals surface area (Å²) in [5.74, 6) is 0.0416. The fraction of sp³-hybridized carbons (Fsp3) is 0.235. The van der Waals surface area contributed by atoms with Gasteiger partial charge < -0.3 is 5.11 Å². The Hall–Kier alpha value is -1.93. The topological polar surface area (TPSA) is 37.3 Å². The Morgan fingerprint density at radius 3 is 2.32 bits per heavy atom. The maximum absolute atomic E-state index is 11.2. The number of aliphatic hydroxyl groups excluding tert-OH is 1. The zero-order valence-corrected chi connectivity index (χ0v) is 11.3. The van der Waals surface area contributed by atoms with Gasteiger partial charge in [-0.05, 0) is 30.5 Å². The molecule has 0 amide bonds. The minimum Gasteiger partial charge on any atom is -0.388 e. The van der Waals surface area contributed by atoms with Gasteiger partial charge >= 0.3 is 0 Å². The average molecular weight is 254 g/mol. The second kappa shape index (κ2) is 5.81. The second-order valence-corrected chi connectivity index (χ2v) is 4.82. The molecule has 2 heteroatoms. The van der Waals surface area contributed by atoms with Crippen LogP contribution in [0, 0.1) is 6.92 Å². The molecule has 0 saturated heterocycles. The Bertz CT molecular complexity index is 570. The maximum Gasteiger partial charge on any atom is 0.159 e. The molecule has 0 fully saturated rings. The first-order chi connectivity index (χ1) is 9.08. The molecule has 0 saturated carbocycles. The van der Waals surface area contributed by atoms with Gasteiger partial charge in [-0.2, -0.15) is 0 Å². The van der Waals surface area contributed by atoms with E-state index in [4.69, 9.17) is 0 Å². The number of hydrogen-bond donors (Lipinski definition) is 1. The quantitative estimate of drug-likeness (QED) is 0.848. The molecule has 1 unspecified atom stereocenters. The highest BCUT2D eigenvalue weighted by Gasteiger charge is 2.10. The van der Waals surface area contributed by atoms with Gasteiger partial charge in [-0.25, -0.2) is 0 Å². The van der Waals surface area contributed by atoms with Crippen molar-refractivity contribution < 1.29 is 9.90 Å². The molecule has 0 radical (unpaired) electrons. The summed E-state index contributed by atoms with van der Waals surface area (Å²) >= 11 is 0. The summed E-state index contributed by atoms with van der Waals surface area (Å²) in [5, 5.41) is 10.2. The first kappa shape index (κ1) is 13.5. The Labute approximate surface area is 113 Å². The third-order valence-electron chi connectivity index (χ3n) is 3.38. The van der Waals surface area contributed by atoms with E-state index in [0.29, 0.717) is 12.0 Å². The number of aryl methyl sites for hydroxylation is 1. The SMILES string of the molecule is CC(=O)c1ccc(C(O)Cc2ccccc2C)cc1. The van der Waals surface area contributed by atoms with E-state index in [0.717, 1.165) is 11.1 Å². The number of rotatable bonds is 4. The molecule has 1 atom stereocenters. The number of aliphatic hydroxyl groups is 1. The van der Waals surface area contributed by atoms with Crippen LogP contribution in [0.3, 0.4) is 0 Å². The molecule has 0 bridgehead atoms. The summed E-state index contributed by atoms with van der Waals surface area (Å²) in [4.78, 5) is 11.2. The van der Waals surface area contributed by atoms with E-state index in [2.05, 4.69) is 0 Å². The number of carbonyl (C=O) groups is 1. The van der Waals surface area contributed by atoms with Crippen molar-refractivity contribution in [2.45, 2.75) is 26.4 Å². The average Bonchev–Trinajstić information content (AvgIpc) is 2.41. The lowest BCUT2D eigenvalue weighted by Crippen LogP contribution is -2.03. The van der Waals surface area contributed by atoms with E-state index in [1.807, 2.05) is 43.3 Å². The van der Waals surface area contributed by atoms with Crippen molar-refractivity contribution in [1.82, 2.24) is 0 Å². The van der Waals surface area contributed by atoms with Crippen LogP contribution in [0.1, 0.15) is 40.1 Å². The van der Waals surface area contributed by atoms with Crippen LogP contribution in [-0.2, 0) is 6.42 Å². The van der Waals surface area contributed by atoms with E-state index in [1.165, 1.54) is 5.56 Å². The van der Waals surface area contributed by atoms with Crippen molar-refractivity contribution in [3.8, 4) is 0 Å². The van der Waals surface area contributed by atoms with Crippen molar-refractivity contribution in [2.75, 3.05) is 0 Å². The van der Waals surface area contributed by atoms with Crippen molar-refractivity contribution >= 4 is 5.78 Å². The van der Waals surface area contributed by atoms with Crippen molar-refractivity contribution in [3.05, 3.63) is 70.8 Å². The highest BCUT2D eigenvalue weighted by atomic mass is 16.3. The summed E-state index contributed by atoms with van der Waals surface area (Å²) in [6.45, 7) is 3.58. The second-order valence-electron chi connectivity index (χ2n) is 4.82. The van der Waals surface area contributed by atoms with Gasteiger partial charge in [0.1, 0.15) is 0 Å². The summed E-state index contributed by atoms with van der Waals surface area (Å²) < 4.78 is 0. The number of ketones is 1. The highest BCUT2D eigenvalue weighted by Crippen LogP contribution is 2.20. The Morgan fingerprint density at radius 2 is 1.74 bits per heavy atom. The smallest absolute Gasteiger partial charge is 0.159 e. The van der Waals surface area contributed by atoms with Gasteiger partial charge in [-0.1, -0.05) is 48.5 Å². The van der Waals surface area contributed by atoms with Gasteiger partial charge in [0.25, 0.3) is 0 Å². The fourth-order valence-electron chi connectivity index (χ4n) is 2.11. The normalized spacial score (nSPS) is 12.2. The van der Waals surface area contributed by atoms with Crippen molar-refractivity contribution in [3.63, 3.8) is 0 Å². The molecule has 98 valence electrons. The molecule has 0 aliphatic carbocycles. The van der Waals surface area contributed by atoms with E-state index in [9.17, 15) is 9.90 Å². The lowest BCUT2D eigenvalue weighted by Gasteiger charge is -2.13. The van der Waals surface area contributed by atoms with Crippen molar-refractivity contribution in [1.29, 1.82) is 0 Å². The molecular weight excluding hydrogens is 236 g/mol. The lowest BCUT2D eigenvalue weighted by molar-refractivity contribution is 0.101. The Morgan fingerprint density at radius 1 is 1.11 bits per heavy atom. The van der Waals surface area contributed by atoms with Gasteiger partial charge in [0, 0.05) is 12.0 Å². The fourth-order valence-corrected chi connectivity index (χ4v) is 2.11. The van der Waals surface area contributed by atoms with E-state index in [-0.39, 0.29) is 5.78 Å².